The van der Waals surface area contributed by atoms with Gasteiger partial charge in [0.2, 0.25) is 0 Å². The Kier molecular flexibility index (Phi) is 3.50. The molecule has 0 saturated heterocycles. The lowest BCUT2D eigenvalue weighted by atomic mass is 10.1. The smallest absolute Gasteiger partial charge is 0.335 e. The summed E-state index contributed by atoms with van der Waals surface area (Å²) in [4.78, 5) is 12.8. The SMILES string of the molecule is C=CCN(C)c1ccc(C(=O)O)cc1C. The predicted molar refractivity (Wildman–Crippen MR) is 61.6 cm³/mol. The molecular weight excluding hydrogens is 190 g/mol. The molecule has 0 saturated carbocycles. The maximum absolute atomic E-state index is 10.7. The number of anilines is 1. The topological polar surface area (TPSA) is 40.5 Å². The van der Waals surface area contributed by atoms with Gasteiger partial charge in [-0.2, -0.15) is 0 Å². The molecule has 0 aliphatic heterocycles. The van der Waals surface area contributed by atoms with E-state index in [9.17, 15) is 4.79 Å². The molecule has 80 valence electrons. The van der Waals surface area contributed by atoms with Crippen LogP contribution in [-0.4, -0.2) is 24.7 Å². The van der Waals surface area contributed by atoms with Crippen molar-refractivity contribution in [2.75, 3.05) is 18.5 Å². The van der Waals surface area contributed by atoms with Crippen LogP contribution in [0.25, 0.3) is 0 Å². The zero-order chi connectivity index (χ0) is 11.4. The molecule has 0 heterocycles. The minimum absolute atomic E-state index is 0.322. The Morgan fingerprint density at radius 1 is 1.60 bits per heavy atom. The lowest BCUT2D eigenvalue weighted by Crippen LogP contribution is -2.17. The second-order valence-electron chi connectivity index (χ2n) is 3.48. The highest BCUT2D eigenvalue weighted by Crippen LogP contribution is 2.19. The number of carboxylic acid groups (broad SMARTS) is 1. The number of aromatic carboxylic acids is 1. The minimum atomic E-state index is -0.893. The molecule has 0 spiro atoms. The molecule has 15 heavy (non-hydrogen) atoms. The highest BCUT2D eigenvalue weighted by atomic mass is 16.4. The summed E-state index contributed by atoms with van der Waals surface area (Å²) < 4.78 is 0. The fraction of sp³-hybridized carbons (Fsp3) is 0.250. The molecule has 1 N–H and O–H groups in total. The normalized spacial score (nSPS) is 9.73. The maximum Gasteiger partial charge on any atom is 0.335 e. The molecule has 0 aliphatic carbocycles. The van der Waals surface area contributed by atoms with Crippen molar-refractivity contribution in [1.29, 1.82) is 0 Å². The van der Waals surface area contributed by atoms with Crippen molar-refractivity contribution in [3.8, 4) is 0 Å². The lowest BCUT2D eigenvalue weighted by molar-refractivity contribution is 0.0697. The first-order chi connectivity index (χ1) is 7.06. The third-order valence-corrected chi connectivity index (χ3v) is 2.26. The summed E-state index contributed by atoms with van der Waals surface area (Å²) in [5.41, 5.74) is 2.31. The Morgan fingerprint density at radius 2 is 2.27 bits per heavy atom. The number of hydrogen-bond acceptors (Lipinski definition) is 2. The second kappa shape index (κ2) is 4.64. The third-order valence-electron chi connectivity index (χ3n) is 2.26. The van der Waals surface area contributed by atoms with Crippen LogP contribution in [0, 0.1) is 6.92 Å². The molecule has 1 aromatic carbocycles. The van der Waals surface area contributed by atoms with Gasteiger partial charge in [-0.1, -0.05) is 6.08 Å². The van der Waals surface area contributed by atoms with Crippen LogP contribution >= 0.6 is 0 Å². The van der Waals surface area contributed by atoms with Gasteiger partial charge in [0.25, 0.3) is 0 Å². The number of rotatable bonds is 4. The molecule has 3 heteroatoms. The minimum Gasteiger partial charge on any atom is -0.478 e. The van der Waals surface area contributed by atoms with Crippen molar-refractivity contribution in [3.63, 3.8) is 0 Å². The van der Waals surface area contributed by atoms with Crippen LogP contribution in [-0.2, 0) is 0 Å². The van der Waals surface area contributed by atoms with E-state index >= 15 is 0 Å². The summed E-state index contributed by atoms with van der Waals surface area (Å²) in [6.45, 7) is 6.31. The van der Waals surface area contributed by atoms with Crippen LogP contribution in [0.1, 0.15) is 15.9 Å². The highest BCUT2D eigenvalue weighted by Gasteiger charge is 2.07. The van der Waals surface area contributed by atoms with E-state index in [4.69, 9.17) is 5.11 Å². The third kappa shape index (κ3) is 2.59. The van der Waals surface area contributed by atoms with Crippen LogP contribution in [0.4, 0.5) is 5.69 Å². The molecule has 0 aliphatic rings. The van der Waals surface area contributed by atoms with E-state index in [1.54, 1.807) is 12.1 Å². The van der Waals surface area contributed by atoms with Gasteiger partial charge in [0, 0.05) is 19.3 Å². The quantitative estimate of drug-likeness (QED) is 0.767. The van der Waals surface area contributed by atoms with Gasteiger partial charge in [-0.15, -0.1) is 6.58 Å². The van der Waals surface area contributed by atoms with Gasteiger partial charge < -0.3 is 10.0 Å². The molecule has 0 fully saturated rings. The molecule has 3 nitrogen and oxygen atoms in total. The summed E-state index contributed by atoms with van der Waals surface area (Å²) >= 11 is 0. The number of benzene rings is 1. The van der Waals surface area contributed by atoms with E-state index in [-0.39, 0.29) is 0 Å². The summed E-state index contributed by atoms with van der Waals surface area (Å²) in [5.74, 6) is -0.893. The predicted octanol–water partition coefficient (Wildman–Crippen LogP) is 2.32. The van der Waals surface area contributed by atoms with Gasteiger partial charge in [0.1, 0.15) is 0 Å². The first kappa shape index (κ1) is 11.3. The lowest BCUT2D eigenvalue weighted by Gasteiger charge is -2.19. The van der Waals surface area contributed by atoms with Crippen molar-refractivity contribution in [2.45, 2.75) is 6.92 Å². The van der Waals surface area contributed by atoms with Crippen molar-refractivity contribution in [3.05, 3.63) is 42.0 Å². The molecular formula is C12H15NO2. The summed E-state index contributed by atoms with van der Waals surface area (Å²) in [5, 5.41) is 8.81. The Balaban J connectivity index is 3.02. The van der Waals surface area contributed by atoms with E-state index in [0.717, 1.165) is 17.8 Å². The standard InChI is InChI=1S/C12H15NO2/c1-4-7-13(3)11-6-5-10(12(14)15)8-9(11)2/h4-6,8H,1,7H2,2-3H3,(H,14,15). The summed E-state index contributed by atoms with van der Waals surface area (Å²) in [7, 11) is 1.95. The van der Waals surface area contributed by atoms with E-state index in [1.165, 1.54) is 0 Å². The monoisotopic (exact) mass is 205 g/mol. The zero-order valence-electron chi connectivity index (χ0n) is 9.03. The van der Waals surface area contributed by atoms with Crippen molar-refractivity contribution >= 4 is 11.7 Å². The van der Waals surface area contributed by atoms with Crippen molar-refractivity contribution in [2.24, 2.45) is 0 Å². The number of likely N-dealkylation sites (N-methyl/N-ethyl adjacent to an activating group) is 1. The first-order valence-corrected chi connectivity index (χ1v) is 4.72. The highest BCUT2D eigenvalue weighted by molar-refractivity contribution is 5.88. The second-order valence-corrected chi connectivity index (χ2v) is 3.48. The zero-order valence-corrected chi connectivity index (χ0v) is 9.03. The molecule has 1 rings (SSSR count). The Hall–Kier alpha value is -1.77. The Bertz CT molecular complexity index is 385. The molecule has 0 amide bonds. The van der Waals surface area contributed by atoms with Gasteiger partial charge >= 0.3 is 5.97 Å². The number of carbonyl (C=O) groups is 1. The number of aryl methyl sites for hydroxylation is 1. The molecule has 1 aromatic rings. The summed E-state index contributed by atoms with van der Waals surface area (Å²) in [6.07, 6.45) is 1.81. The van der Waals surface area contributed by atoms with Gasteiger partial charge in [-0.05, 0) is 30.7 Å². The number of nitrogens with zero attached hydrogens (tertiary/aromatic N) is 1. The molecule has 0 aromatic heterocycles. The fourth-order valence-corrected chi connectivity index (χ4v) is 1.51. The molecule has 0 atom stereocenters. The first-order valence-electron chi connectivity index (χ1n) is 4.72. The van der Waals surface area contributed by atoms with Gasteiger partial charge in [0.05, 0.1) is 5.56 Å². The van der Waals surface area contributed by atoms with Crippen LogP contribution < -0.4 is 4.90 Å². The van der Waals surface area contributed by atoms with Crippen molar-refractivity contribution in [1.82, 2.24) is 0 Å². The van der Waals surface area contributed by atoms with Crippen LogP contribution in [0.3, 0.4) is 0 Å². The van der Waals surface area contributed by atoms with E-state index in [1.807, 2.05) is 31.0 Å². The molecule has 0 unspecified atom stereocenters. The number of hydrogen-bond donors (Lipinski definition) is 1. The average molecular weight is 205 g/mol. The number of carboxylic acids is 1. The van der Waals surface area contributed by atoms with Gasteiger partial charge in [0.15, 0.2) is 0 Å². The van der Waals surface area contributed by atoms with Gasteiger partial charge in [-0.25, -0.2) is 4.79 Å². The van der Waals surface area contributed by atoms with Crippen molar-refractivity contribution < 1.29 is 9.90 Å². The van der Waals surface area contributed by atoms with Crippen LogP contribution in [0.15, 0.2) is 30.9 Å². The van der Waals surface area contributed by atoms with Gasteiger partial charge in [-0.3, -0.25) is 0 Å². The van der Waals surface area contributed by atoms with Crippen LogP contribution in [0.2, 0.25) is 0 Å². The fourth-order valence-electron chi connectivity index (χ4n) is 1.51. The largest absolute Gasteiger partial charge is 0.478 e. The van der Waals surface area contributed by atoms with Crippen LogP contribution in [0.5, 0.6) is 0 Å². The summed E-state index contributed by atoms with van der Waals surface area (Å²) in [6, 6.07) is 5.11. The Morgan fingerprint density at radius 3 is 2.73 bits per heavy atom. The Labute approximate surface area is 89.6 Å². The molecule has 0 radical (unpaired) electrons. The maximum atomic E-state index is 10.7. The average Bonchev–Trinajstić information content (AvgIpc) is 2.17. The van der Waals surface area contributed by atoms with E-state index in [0.29, 0.717) is 5.56 Å². The molecule has 0 bridgehead atoms. The van der Waals surface area contributed by atoms with E-state index in [2.05, 4.69) is 6.58 Å². The van der Waals surface area contributed by atoms with E-state index < -0.39 is 5.97 Å².